The fourth-order valence-electron chi connectivity index (χ4n) is 2.40. The molecule has 0 bridgehead atoms. The number of nitrogens with zero attached hydrogens (tertiary/aromatic N) is 2. The Hall–Kier alpha value is -2.14. The SMILES string of the molecule is CCc1oc2ccccc2c1CNC(C)c1ncn[nH]1. The van der Waals surface area contributed by atoms with Gasteiger partial charge in [-0.3, -0.25) is 5.10 Å². The van der Waals surface area contributed by atoms with Crippen molar-refractivity contribution in [1.82, 2.24) is 20.5 Å². The Balaban J connectivity index is 1.83. The topological polar surface area (TPSA) is 66.7 Å². The van der Waals surface area contributed by atoms with E-state index in [1.807, 2.05) is 18.2 Å². The van der Waals surface area contributed by atoms with Crippen LogP contribution >= 0.6 is 0 Å². The normalized spacial score (nSPS) is 12.9. The molecule has 0 aliphatic rings. The Morgan fingerprint density at radius 1 is 1.35 bits per heavy atom. The van der Waals surface area contributed by atoms with Crippen molar-refractivity contribution in [1.29, 1.82) is 0 Å². The van der Waals surface area contributed by atoms with E-state index in [4.69, 9.17) is 4.42 Å². The smallest absolute Gasteiger partial charge is 0.141 e. The van der Waals surface area contributed by atoms with Gasteiger partial charge in [0.15, 0.2) is 0 Å². The molecule has 0 fully saturated rings. The highest BCUT2D eigenvalue weighted by Crippen LogP contribution is 2.26. The molecule has 2 heterocycles. The highest BCUT2D eigenvalue weighted by Gasteiger charge is 2.14. The van der Waals surface area contributed by atoms with Gasteiger partial charge in [0.25, 0.3) is 0 Å². The van der Waals surface area contributed by atoms with Crippen LogP contribution in [-0.2, 0) is 13.0 Å². The number of rotatable bonds is 5. The molecule has 0 aliphatic carbocycles. The fraction of sp³-hybridized carbons (Fsp3) is 0.333. The summed E-state index contributed by atoms with van der Waals surface area (Å²) in [6, 6.07) is 8.28. The van der Waals surface area contributed by atoms with Crippen LogP contribution in [0.15, 0.2) is 35.0 Å². The third-order valence-electron chi connectivity index (χ3n) is 3.53. The molecular formula is C15H18N4O. The standard InChI is InChI=1S/C15H18N4O/c1-3-13-12(11-6-4-5-7-14(11)20-13)8-16-10(2)15-17-9-18-19-15/h4-7,9-10,16H,3,8H2,1-2H3,(H,17,18,19). The first-order valence-corrected chi connectivity index (χ1v) is 6.87. The molecular weight excluding hydrogens is 252 g/mol. The third-order valence-corrected chi connectivity index (χ3v) is 3.53. The maximum atomic E-state index is 5.90. The average Bonchev–Trinajstić information content (AvgIpc) is 3.12. The van der Waals surface area contributed by atoms with E-state index < -0.39 is 0 Å². The molecule has 1 atom stereocenters. The number of fused-ring (bicyclic) bond motifs is 1. The van der Waals surface area contributed by atoms with Gasteiger partial charge in [0.05, 0.1) is 6.04 Å². The lowest BCUT2D eigenvalue weighted by Gasteiger charge is -2.10. The Morgan fingerprint density at radius 3 is 2.95 bits per heavy atom. The molecule has 0 saturated heterocycles. The number of hydrogen-bond acceptors (Lipinski definition) is 4. The first-order valence-electron chi connectivity index (χ1n) is 6.87. The van der Waals surface area contributed by atoms with Crippen molar-refractivity contribution in [2.75, 3.05) is 0 Å². The van der Waals surface area contributed by atoms with E-state index in [0.29, 0.717) is 0 Å². The molecule has 0 aliphatic heterocycles. The Labute approximate surface area is 117 Å². The van der Waals surface area contributed by atoms with Crippen molar-refractivity contribution in [2.24, 2.45) is 0 Å². The number of furan rings is 1. The van der Waals surface area contributed by atoms with Gasteiger partial charge in [0.1, 0.15) is 23.5 Å². The number of hydrogen-bond donors (Lipinski definition) is 2. The number of aryl methyl sites for hydroxylation is 1. The zero-order valence-corrected chi connectivity index (χ0v) is 11.7. The molecule has 0 saturated carbocycles. The third kappa shape index (κ3) is 2.32. The molecule has 1 aromatic carbocycles. The molecule has 3 aromatic rings. The summed E-state index contributed by atoms with van der Waals surface area (Å²) < 4.78 is 5.90. The number of aromatic nitrogens is 3. The highest BCUT2D eigenvalue weighted by molar-refractivity contribution is 5.82. The van der Waals surface area contributed by atoms with Crippen molar-refractivity contribution in [3.05, 3.63) is 47.7 Å². The van der Waals surface area contributed by atoms with Gasteiger partial charge in [0, 0.05) is 23.9 Å². The van der Waals surface area contributed by atoms with E-state index in [1.54, 1.807) is 0 Å². The van der Waals surface area contributed by atoms with Crippen LogP contribution in [0.3, 0.4) is 0 Å². The summed E-state index contributed by atoms with van der Waals surface area (Å²) in [5.74, 6) is 1.89. The van der Waals surface area contributed by atoms with Gasteiger partial charge in [-0.15, -0.1) is 0 Å². The van der Waals surface area contributed by atoms with E-state index in [-0.39, 0.29) is 6.04 Å². The van der Waals surface area contributed by atoms with Gasteiger partial charge in [-0.25, -0.2) is 4.98 Å². The minimum Gasteiger partial charge on any atom is -0.461 e. The summed E-state index contributed by atoms with van der Waals surface area (Å²) in [4.78, 5) is 4.17. The molecule has 5 nitrogen and oxygen atoms in total. The number of H-pyrrole nitrogens is 1. The number of benzene rings is 1. The van der Waals surface area contributed by atoms with Crippen molar-refractivity contribution in [3.8, 4) is 0 Å². The second-order valence-corrected chi connectivity index (χ2v) is 4.83. The molecule has 0 radical (unpaired) electrons. The summed E-state index contributed by atoms with van der Waals surface area (Å²) in [5.41, 5.74) is 2.18. The molecule has 2 N–H and O–H groups in total. The molecule has 0 spiro atoms. The van der Waals surface area contributed by atoms with Crippen LogP contribution in [0.2, 0.25) is 0 Å². The number of para-hydroxylation sites is 1. The second-order valence-electron chi connectivity index (χ2n) is 4.83. The van der Waals surface area contributed by atoms with Crippen LogP contribution in [-0.4, -0.2) is 15.2 Å². The molecule has 20 heavy (non-hydrogen) atoms. The van der Waals surface area contributed by atoms with Gasteiger partial charge in [-0.05, 0) is 13.0 Å². The van der Waals surface area contributed by atoms with Crippen molar-refractivity contribution >= 4 is 11.0 Å². The van der Waals surface area contributed by atoms with Gasteiger partial charge >= 0.3 is 0 Å². The average molecular weight is 270 g/mol. The summed E-state index contributed by atoms with van der Waals surface area (Å²) in [7, 11) is 0. The highest BCUT2D eigenvalue weighted by atomic mass is 16.3. The maximum Gasteiger partial charge on any atom is 0.141 e. The molecule has 2 aromatic heterocycles. The van der Waals surface area contributed by atoms with Crippen molar-refractivity contribution in [2.45, 2.75) is 32.9 Å². The monoisotopic (exact) mass is 270 g/mol. The fourth-order valence-corrected chi connectivity index (χ4v) is 2.40. The maximum absolute atomic E-state index is 5.90. The molecule has 1 unspecified atom stereocenters. The van der Waals surface area contributed by atoms with Crippen LogP contribution in [0.5, 0.6) is 0 Å². The van der Waals surface area contributed by atoms with E-state index in [2.05, 4.69) is 40.4 Å². The zero-order valence-electron chi connectivity index (χ0n) is 11.7. The van der Waals surface area contributed by atoms with Crippen LogP contribution < -0.4 is 5.32 Å². The van der Waals surface area contributed by atoms with Crippen molar-refractivity contribution in [3.63, 3.8) is 0 Å². The zero-order chi connectivity index (χ0) is 13.9. The number of nitrogens with one attached hydrogen (secondary N) is 2. The first-order chi connectivity index (χ1) is 9.79. The minimum absolute atomic E-state index is 0.121. The molecule has 5 heteroatoms. The lowest BCUT2D eigenvalue weighted by Crippen LogP contribution is -2.19. The van der Waals surface area contributed by atoms with Crippen LogP contribution in [0, 0.1) is 0 Å². The lowest BCUT2D eigenvalue weighted by atomic mass is 10.1. The Bertz CT molecular complexity index is 687. The largest absolute Gasteiger partial charge is 0.461 e. The van der Waals surface area contributed by atoms with E-state index in [1.165, 1.54) is 17.3 Å². The van der Waals surface area contributed by atoms with Gasteiger partial charge in [-0.1, -0.05) is 25.1 Å². The molecule has 3 rings (SSSR count). The molecule has 0 amide bonds. The van der Waals surface area contributed by atoms with Gasteiger partial charge < -0.3 is 9.73 Å². The van der Waals surface area contributed by atoms with Gasteiger partial charge in [0.2, 0.25) is 0 Å². The first kappa shape index (κ1) is 12.9. The van der Waals surface area contributed by atoms with Gasteiger partial charge in [-0.2, -0.15) is 5.10 Å². The summed E-state index contributed by atoms with van der Waals surface area (Å²) in [5, 5.41) is 11.4. The van der Waals surface area contributed by atoms with Crippen LogP contribution in [0.1, 0.15) is 37.0 Å². The quantitative estimate of drug-likeness (QED) is 0.748. The summed E-state index contributed by atoms with van der Waals surface area (Å²) in [6.45, 7) is 4.93. The Kier molecular flexibility index (Phi) is 3.52. The summed E-state index contributed by atoms with van der Waals surface area (Å²) in [6.07, 6.45) is 2.42. The lowest BCUT2D eigenvalue weighted by molar-refractivity contribution is 0.520. The second kappa shape index (κ2) is 5.46. The predicted octanol–water partition coefficient (Wildman–Crippen LogP) is 2.96. The molecule has 104 valence electrons. The minimum atomic E-state index is 0.121. The van der Waals surface area contributed by atoms with E-state index >= 15 is 0 Å². The van der Waals surface area contributed by atoms with E-state index in [0.717, 1.165) is 30.1 Å². The van der Waals surface area contributed by atoms with E-state index in [9.17, 15) is 0 Å². The van der Waals surface area contributed by atoms with Crippen molar-refractivity contribution < 1.29 is 4.42 Å². The number of aromatic amines is 1. The van der Waals surface area contributed by atoms with Crippen LogP contribution in [0.4, 0.5) is 0 Å². The van der Waals surface area contributed by atoms with Crippen LogP contribution in [0.25, 0.3) is 11.0 Å². The Morgan fingerprint density at radius 2 is 2.20 bits per heavy atom. The summed E-state index contributed by atoms with van der Waals surface area (Å²) >= 11 is 0. The predicted molar refractivity (Wildman–Crippen MR) is 77.2 cm³/mol.